The van der Waals surface area contributed by atoms with E-state index >= 15 is 0 Å². The Morgan fingerprint density at radius 1 is 0.778 bits per heavy atom. The molecule has 142 valence electrons. The predicted molar refractivity (Wildman–Crippen MR) is 96.9 cm³/mol. The van der Waals surface area contributed by atoms with Gasteiger partial charge in [-0.15, -0.1) is 0 Å². The van der Waals surface area contributed by atoms with Crippen molar-refractivity contribution < 1.29 is 22.8 Å². The van der Waals surface area contributed by atoms with Gasteiger partial charge in [0.2, 0.25) is 0 Å². The Hall–Kier alpha value is -2.35. The second-order valence-corrected chi connectivity index (χ2v) is 7.08. The van der Waals surface area contributed by atoms with Gasteiger partial charge in [0, 0.05) is 36.2 Å². The summed E-state index contributed by atoms with van der Waals surface area (Å²) in [6.45, 7) is 1.19. The third-order valence-corrected chi connectivity index (χ3v) is 4.96. The molecule has 0 saturated carbocycles. The topological polar surface area (TPSA) is 40.6 Å². The fourth-order valence-electron chi connectivity index (χ4n) is 2.96. The first-order valence-electron chi connectivity index (χ1n) is 8.36. The van der Waals surface area contributed by atoms with Gasteiger partial charge in [-0.1, -0.05) is 15.9 Å². The Balaban J connectivity index is 1.71. The molecule has 0 N–H and O–H groups in total. The second kappa shape index (κ2) is 8.12. The number of hydrogen-bond acceptors (Lipinski definition) is 2. The Morgan fingerprint density at radius 3 is 2.00 bits per heavy atom. The SMILES string of the molecule is O=C(c1ccc(Br)cc1)N1CCCN(C(=O)c2ccc(F)c(F)c2F)CC1. The Kier molecular flexibility index (Phi) is 5.84. The molecule has 2 amide bonds. The number of benzene rings is 2. The number of nitrogens with zero attached hydrogens (tertiary/aromatic N) is 2. The molecule has 3 rings (SSSR count). The smallest absolute Gasteiger partial charge is 0.257 e. The molecule has 4 nitrogen and oxygen atoms in total. The molecule has 1 heterocycles. The summed E-state index contributed by atoms with van der Waals surface area (Å²) in [6.07, 6.45) is 0.499. The number of halogens is 4. The van der Waals surface area contributed by atoms with E-state index in [1.54, 1.807) is 29.2 Å². The molecule has 0 bridgehead atoms. The van der Waals surface area contributed by atoms with Crippen molar-refractivity contribution in [2.75, 3.05) is 26.2 Å². The molecular formula is C19H16BrF3N2O2. The number of rotatable bonds is 2. The van der Waals surface area contributed by atoms with E-state index < -0.39 is 28.9 Å². The summed E-state index contributed by atoms with van der Waals surface area (Å²) in [5.74, 6) is -5.37. The summed E-state index contributed by atoms with van der Waals surface area (Å²) in [7, 11) is 0. The highest BCUT2D eigenvalue weighted by atomic mass is 79.9. The second-order valence-electron chi connectivity index (χ2n) is 6.17. The van der Waals surface area contributed by atoms with E-state index in [1.807, 2.05) is 0 Å². The van der Waals surface area contributed by atoms with E-state index in [0.717, 1.165) is 16.6 Å². The van der Waals surface area contributed by atoms with Crippen LogP contribution in [-0.4, -0.2) is 47.8 Å². The van der Waals surface area contributed by atoms with Crippen LogP contribution in [0, 0.1) is 17.5 Å². The van der Waals surface area contributed by atoms with Gasteiger partial charge in [0.15, 0.2) is 17.5 Å². The number of carbonyl (C=O) groups is 2. The van der Waals surface area contributed by atoms with E-state index in [-0.39, 0.29) is 19.0 Å². The Morgan fingerprint density at radius 2 is 1.37 bits per heavy atom. The molecule has 0 radical (unpaired) electrons. The average molecular weight is 441 g/mol. The number of hydrogen-bond donors (Lipinski definition) is 0. The highest BCUT2D eigenvalue weighted by Gasteiger charge is 2.26. The van der Waals surface area contributed by atoms with Gasteiger partial charge in [-0.2, -0.15) is 0 Å². The van der Waals surface area contributed by atoms with Crippen LogP contribution in [0.5, 0.6) is 0 Å². The molecular weight excluding hydrogens is 425 g/mol. The molecule has 0 unspecified atom stereocenters. The zero-order valence-electron chi connectivity index (χ0n) is 14.2. The molecule has 27 heavy (non-hydrogen) atoms. The van der Waals surface area contributed by atoms with Crippen molar-refractivity contribution in [3.05, 3.63) is 69.4 Å². The molecule has 0 aromatic heterocycles. The van der Waals surface area contributed by atoms with Crippen LogP contribution in [0.25, 0.3) is 0 Å². The maximum Gasteiger partial charge on any atom is 0.257 e. The summed E-state index contributed by atoms with van der Waals surface area (Å²) in [4.78, 5) is 28.1. The van der Waals surface area contributed by atoms with Crippen molar-refractivity contribution in [1.82, 2.24) is 9.80 Å². The Bertz CT molecular complexity index is 874. The largest absolute Gasteiger partial charge is 0.337 e. The van der Waals surface area contributed by atoms with Gasteiger partial charge >= 0.3 is 0 Å². The lowest BCUT2D eigenvalue weighted by Crippen LogP contribution is -2.37. The van der Waals surface area contributed by atoms with E-state index in [2.05, 4.69) is 15.9 Å². The van der Waals surface area contributed by atoms with Gasteiger partial charge in [0.25, 0.3) is 11.8 Å². The zero-order chi connectivity index (χ0) is 19.6. The summed E-state index contributed by atoms with van der Waals surface area (Å²) in [5, 5.41) is 0. The minimum Gasteiger partial charge on any atom is -0.337 e. The first kappa shape index (κ1) is 19.4. The van der Waals surface area contributed by atoms with Crippen LogP contribution in [-0.2, 0) is 0 Å². The molecule has 1 fully saturated rings. The molecule has 2 aromatic rings. The van der Waals surface area contributed by atoms with Crippen molar-refractivity contribution in [2.24, 2.45) is 0 Å². The van der Waals surface area contributed by atoms with Crippen molar-refractivity contribution in [2.45, 2.75) is 6.42 Å². The maximum absolute atomic E-state index is 13.9. The summed E-state index contributed by atoms with van der Waals surface area (Å²) in [6, 6.07) is 8.62. The number of amides is 2. The van der Waals surface area contributed by atoms with Crippen molar-refractivity contribution in [3.8, 4) is 0 Å². The van der Waals surface area contributed by atoms with Gasteiger partial charge in [0.05, 0.1) is 5.56 Å². The summed E-state index contributed by atoms with van der Waals surface area (Å²) < 4.78 is 41.2. The lowest BCUT2D eigenvalue weighted by Gasteiger charge is -2.22. The van der Waals surface area contributed by atoms with Crippen LogP contribution in [0.2, 0.25) is 0 Å². The van der Waals surface area contributed by atoms with E-state index in [1.165, 1.54) is 4.90 Å². The van der Waals surface area contributed by atoms with Gasteiger partial charge in [-0.3, -0.25) is 9.59 Å². The van der Waals surface area contributed by atoms with Gasteiger partial charge in [-0.25, -0.2) is 13.2 Å². The predicted octanol–water partition coefficient (Wildman–Crippen LogP) is 3.85. The fourth-order valence-corrected chi connectivity index (χ4v) is 3.22. The first-order valence-corrected chi connectivity index (χ1v) is 9.15. The lowest BCUT2D eigenvalue weighted by atomic mass is 10.1. The molecule has 2 aromatic carbocycles. The normalized spacial score (nSPS) is 14.8. The molecule has 0 atom stereocenters. The third-order valence-electron chi connectivity index (χ3n) is 4.43. The summed E-state index contributed by atoms with van der Waals surface area (Å²) in [5.41, 5.74) is 0.0196. The van der Waals surface area contributed by atoms with Gasteiger partial charge in [-0.05, 0) is 42.8 Å². The monoisotopic (exact) mass is 440 g/mol. The van der Waals surface area contributed by atoms with Gasteiger partial charge in [0.1, 0.15) is 0 Å². The highest BCUT2D eigenvalue weighted by molar-refractivity contribution is 9.10. The fraction of sp³-hybridized carbons (Fsp3) is 0.263. The molecule has 0 aliphatic carbocycles. The van der Waals surface area contributed by atoms with Crippen LogP contribution >= 0.6 is 15.9 Å². The lowest BCUT2D eigenvalue weighted by molar-refractivity contribution is 0.0715. The zero-order valence-corrected chi connectivity index (χ0v) is 15.8. The quantitative estimate of drug-likeness (QED) is 0.665. The number of carbonyl (C=O) groups excluding carboxylic acids is 2. The van der Waals surface area contributed by atoms with Gasteiger partial charge < -0.3 is 9.80 Å². The van der Waals surface area contributed by atoms with Crippen molar-refractivity contribution >= 4 is 27.7 Å². The Labute approximate surface area is 162 Å². The van der Waals surface area contributed by atoms with Crippen LogP contribution in [0.1, 0.15) is 27.1 Å². The van der Waals surface area contributed by atoms with E-state index in [4.69, 9.17) is 0 Å². The van der Waals surface area contributed by atoms with Crippen molar-refractivity contribution in [1.29, 1.82) is 0 Å². The molecule has 1 aliphatic rings. The molecule has 1 aliphatic heterocycles. The highest BCUT2D eigenvalue weighted by Crippen LogP contribution is 2.19. The van der Waals surface area contributed by atoms with Crippen LogP contribution in [0.3, 0.4) is 0 Å². The van der Waals surface area contributed by atoms with Crippen LogP contribution in [0.4, 0.5) is 13.2 Å². The molecule has 1 saturated heterocycles. The minimum atomic E-state index is -1.66. The molecule has 0 spiro atoms. The first-order chi connectivity index (χ1) is 12.9. The third kappa shape index (κ3) is 4.16. The average Bonchev–Trinajstić information content (AvgIpc) is 2.92. The van der Waals surface area contributed by atoms with Crippen molar-refractivity contribution in [3.63, 3.8) is 0 Å². The minimum absolute atomic E-state index is 0.157. The molecule has 8 heteroatoms. The van der Waals surface area contributed by atoms with E-state index in [0.29, 0.717) is 25.1 Å². The summed E-state index contributed by atoms with van der Waals surface area (Å²) >= 11 is 3.31. The maximum atomic E-state index is 13.9. The van der Waals surface area contributed by atoms with Crippen LogP contribution < -0.4 is 0 Å². The standard InChI is InChI=1S/C19H16BrF3N2O2/c20-13-4-2-12(3-5-13)18(26)24-8-1-9-25(11-10-24)19(27)14-6-7-15(21)17(23)16(14)22/h2-7H,1,8-11H2. The van der Waals surface area contributed by atoms with E-state index in [9.17, 15) is 22.8 Å². The van der Waals surface area contributed by atoms with Crippen LogP contribution in [0.15, 0.2) is 40.9 Å².